The van der Waals surface area contributed by atoms with E-state index in [1.165, 1.54) is 6.07 Å². The van der Waals surface area contributed by atoms with E-state index in [2.05, 4.69) is 30.3 Å². The molecule has 0 aliphatic heterocycles. The molecular formula is C19H12F7N5O2. The third-order valence-corrected chi connectivity index (χ3v) is 3.83. The Morgan fingerprint density at radius 1 is 1.00 bits per heavy atom. The first-order valence-corrected chi connectivity index (χ1v) is 8.84. The van der Waals surface area contributed by atoms with E-state index in [-0.39, 0.29) is 23.0 Å². The number of benzene rings is 1. The molecule has 0 atom stereocenters. The zero-order valence-electron chi connectivity index (χ0n) is 16.1. The number of pyridine rings is 1. The van der Waals surface area contributed by atoms with Gasteiger partial charge in [0.25, 0.3) is 5.91 Å². The zero-order valence-corrected chi connectivity index (χ0v) is 16.1. The predicted molar refractivity (Wildman–Crippen MR) is 100 cm³/mol. The van der Waals surface area contributed by atoms with Crippen LogP contribution in [-0.4, -0.2) is 33.6 Å². The summed E-state index contributed by atoms with van der Waals surface area (Å²) >= 11 is 0. The molecule has 0 spiro atoms. The molecule has 2 heterocycles. The van der Waals surface area contributed by atoms with Crippen LogP contribution in [0.4, 0.5) is 48.1 Å². The van der Waals surface area contributed by atoms with Crippen molar-refractivity contribution in [1.29, 1.82) is 0 Å². The Hall–Kier alpha value is -3.97. The number of ether oxygens (including phenoxy) is 1. The molecule has 0 radical (unpaired) electrons. The second-order valence-corrected chi connectivity index (χ2v) is 6.33. The average molecular weight is 475 g/mol. The van der Waals surface area contributed by atoms with Gasteiger partial charge in [-0.1, -0.05) is 0 Å². The molecule has 14 heteroatoms. The quantitative estimate of drug-likeness (QED) is 0.387. The minimum Gasteiger partial charge on any atom is -0.482 e. The van der Waals surface area contributed by atoms with E-state index >= 15 is 0 Å². The van der Waals surface area contributed by atoms with Gasteiger partial charge in [0.1, 0.15) is 17.1 Å². The van der Waals surface area contributed by atoms with Gasteiger partial charge in [0.2, 0.25) is 11.9 Å². The summed E-state index contributed by atoms with van der Waals surface area (Å²) < 4.78 is 93.0. The summed E-state index contributed by atoms with van der Waals surface area (Å²) in [4.78, 5) is 23.5. The first kappa shape index (κ1) is 23.7. The molecule has 0 saturated heterocycles. The van der Waals surface area contributed by atoms with Crippen molar-refractivity contribution in [3.63, 3.8) is 0 Å². The molecule has 1 amide bonds. The minimum atomic E-state index is -4.70. The van der Waals surface area contributed by atoms with Crippen molar-refractivity contribution in [2.24, 2.45) is 0 Å². The number of rotatable bonds is 6. The van der Waals surface area contributed by atoms with E-state index in [0.717, 1.165) is 36.7 Å². The van der Waals surface area contributed by atoms with E-state index in [0.29, 0.717) is 6.07 Å². The maximum absolute atomic E-state index is 13.3. The van der Waals surface area contributed by atoms with E-state index in [9.17, 15) is 35.5 Å². The lowest BCUT2D eigenvalue weighted by atomic mass is 10.2. The monoisotopic (exact) mass is 475 g/mol. The van der Waals surface area contributed by atoms with Crippen molar-refractivity contribution in [3.05, 3.63) is 66.0 Å². The van der Waals surface area contributed by atoms with Gasteiger partial charge in [0.15, 0.2) is 6.61 Å². The predicted octanol–water partition coefficient (Wildman–Crippen LogP) is 4.97. The second kappa shape index (κ2) is 9.26. The Labute approximate surface area is 180 Å². The fourth-order valence-electron chi connectivity index (χ4n) is 2.39. The van der Waals surface area contributed by atoms with Crippen LogP contribution >= 0.6 is 0 Å². The maximum atomic E-state index is 13.3. The Balaban J connectivity index is 1.74. The van der Waals surface area contributed by atoms with Crippen LogP contribution in [-0.2, 0) is 6.18 Å². The van der Waals surface area contributed by atoms with Crippen LogP contribution in [0, 0.1) is 5.95 Å². The van der Waals surface area contributed by atoms with Gasteiger partial charge in [-0.25, -0.2) is 15.0 Å². The van der Waals surface area contributed by atoms with Crippen LogP contribution in [0.3, 0.4) is 0 Å². The molecule has 0 fully saturated rings. The molecule has 0 bridgehead atoms. The van der Waals surface area contributed by atoms with Gasteiger partial charge in [-0.3, -0.25) is 4.79 Å². The summed E-state index contributed by atoms with van der Waals surface area (Å²) in [5, 5.41) is 4.82. The lowest BCUT2D eigenvalue weighted by molar-refractivity contribution is -0.153. The molecule has 1 aromatic carbocycles. The van der Waals surface area contributed by atoms with E-state index in [4.69, 9.17) is 0 Å². The van der Waals surface area contributed by atoms with Crippen LogP contribution in [0.5, 0.6) is 5.75 Å². The topological polar surface area (TPSA) is 89.0 Å². The molecule has 7 nitrogen and oxygen atoms in total. The highest BCUT2D eigenvalue weighted by Gasteiger charge is 2.30. The Kier molecular flexibility index (Phi) is 6.65. The fraction of sp³-hybridized carbons (Fsp3) is 0.158. The van der Waals surface area contributed by atoms with Crippen molar-refractivity contribution in [1.82, 2.24) is 15.0 Å². The Morgan fingerprint density at radius 2 is 1.70 bits per heavy atom. The molecule has 0 aliphatic rings. The molecule has 3 rings (SSSR count). The lowest BCUT2D eigenvalue weighted by Gasteiger charge is -2.13. The fourth-order valence-corrected chi connectivity index (χ4v) is 2.39. The molecular weight excluding hydrogens is 463 g/mol. The zero-order chi connectivity index (χ0) is 24.2. The van der Waals surface area contributed by atoms with Crippen LogP contribution in [0.15, 0.2) is 48.8 Å². The number of anilines is 3. The minimum absolute atomic E-state index is 0.145. The number of halogens is 7. The smallest absolute Gasteiger partial charge is 0.422 e. The summed E-state index contributed by atoms with van der Waals surface area (Å²) in [5.41, 5.74) is -1.27. The first-order chi connectivity index (χ1) is 15.4. The SMILES string of the molecule is O=C(Nc1cnc(F)cc1OCC(F)(F)F)c1ccnc(Nc2ccc(C(F)(F)F)cc2)n1. The van der Waals surface area contributed by atoms with Gasteiger partial charge in [0.05, 0.1) is 11.8 Å². The number of aromatic nitrogens is 3. The van der Waals surface area contributed by atoms with Crippen LogP contribution in [0.2, 0.25) is 0 Å². The number of nitrogens with one attached hydrogen (secondary N) is 2. The van der Waals surface area contributed by atoms with E-state index < -0.39 is 42.1 Å². The molecule has 2 aromatic heterocycles. The van der Waals surface area contributed by atoms with Gasteiger partial charge in [-0.2, -0.15) is 30.7 Å². The number of amides is 1. The highest BCUT2D eigenvalue weighted by atomic mass is 19.4. The number of carbonyl (C=O) groups excluding carboxylic acids is 1. The van der Waals surface area contributed by atoms with Crippen molar-refractivity contribution in [2.75, 3.05) is 17.2 Å². The van der Waals surface area contributed by atoms with Crippen LogP contribution in [0.25, 0.3) is 0 Å². The summed E-state index contributed by atoms with van der Waals surface area (Å²) in [7, 11) is 0. The van der Waals surface area contributed by atoms with Crippen LogP contribution < -0.4 is 15.4 Å². The lowest BCUT2D eigenvalue weighted by Crippen LogP contribution is -2.21. The second-order valence-electron chi connectivity index (χ2n) is 6.33. The maximum Gasteiger partial charge on any atom is 0.422 e. The van der Waals surface area contributed by atoms with Gasteiger partial charge in [0, 0.05) is 18.0 Å². The van der Waals surface area contributed by atoms with Crippen molar-refractivity contribution < 1.29 is 40.3 Å². The molecule has 33 heavy (non-hydrogen) atoms. The third kappa shape index (κ3) is 6.75. The molecule has 174 valence electrons. The third-order valence-electron chi connectivity index (χ3n) is 3.83. The number of hydrogen-bond acceptors (Lipinski definition) is 6. The molecule has 0 saturated carbocycles. The van der Waals surface area contributed by atoms with Crippen LogP contribution in [0.1, 0.15) is 16.1 Å². The van der Waals surface area contributed by atoms with Gasteiger partial charge >= 0.3 is 12.4 Å². The van der Waals surface area contributed by atoms with Gasteiger partial charge in [-0.15, -0.1) is 0 Å². The first-order valence-electron chi connectivity index (χ1n) is 8.84. The normalized spacial score (nSPS) is 11.7. The Bertz CT molecular complexity index is 1130. The summed E-state index contributed by atoms with van der Waals surface area (Å²) in [6.45, 7) is -1.73. The molecule has 0 unspecified atom stereocenters. The number of hydrogen-bond donors (Lipinski definition) is 2. The van der Waals surface area contributed by atoms with Crippen molar-refractivity contribution in [2.45, 2.75) is 12.4 Å². The summed E-state index contributed by atoms with van der Waals surface area (Å²) in [6.07, 6.45) is -7.28. The number of alkyl halides is 6. The number of carbonyl (C=O) groups is 1. The largest absolute Gasteiger partial charge is 0.482 e. The van der Waals surface area contributed by atoms with Gasteiger partial charge < -0.3 is 15.4 Å². The Morgan fingerprint density at radius 3 is 2.33 bits per heavy atom. The van der Waals surface area contributed by atoms with E-state index in [1.54, 1.807) is 0 Å². The molecule has 2 N–H and O–H groups in total. The molecule has 0 aliphatic carbocycles. The molecule has 3 aromatic rings. The van der Waals surface area contributed by atoms with Crippen molar-refractivity contribution in [3.8, 4) is 5.75 Å². The number of nitrogens with zero attached hydrogens (tertiary/aromatic N) is 3. The van der Waals surface area contributed by atoms with Gasteiger partial charge in [-0.05, 0) is 30.3 Å². The summed E-state index contributed by atoms with van der Waals surface area (Å²) in [5.74, 6) is -2.80. The average Bonchev–Trinajstić information content (AvgIpc) is 2.73. The standard InChI is InChI=1S/C19H12F7N5O2/c20-15-7-14(33-9-18(21,22)23)13(8-28-15)30-16(32)12-5-6-27-17(31-12)29-11-3-1-10(2-4-11)19(24,25)26/h1-8H,9H2,(H,30,32)(H,27,29,31). The summed E-state index contributed by atoms with van der Waals surface area (Å²) in [6, 6.07) is 5.67. The highest BCUT2D eigenvalue weighted by Crippen LogP contribution is 2.30. The highest BCUT2D eigenvalue weighted by molar-refractivity contribution is 6.03. The van der Waals surface area contributed by atoms with E-state index in [1.807, 2.05) is 0 Å². The van der Waals surface area contributed by atoms with Crippen molar-refractivity contribution >= 4 is 23.2 Å².